The van der Waals surface area contributed by atoms with Gasteiger partial charge in [0.25, 0.3) is 0 Å². The van der Waals surface area contributed by atoms with Crippen molar-refractivity contribution in [3.8, 4) is 10.6 Å². The number of rotatable bonds is 7. The van der Waals surface area contributed by atoms with E-state index in [2.05, 4.69) is 25.1 Å². The highest BCUT2D eigenvalue weighted by Crippen LogP contribution is 2.32. The summed E-state index contributed by atoms with van der Waals surface area (Å²) in [7, 11) is -3.58. The van der Waals surface area contributed by atoms with Gasteiger partial charge in [0, 0.05) is 30.1 Å². The van der Waals surface area contributed by atoms with E-state index in [1.165, 1.54) is 11.3 Å². The van der Waals surface area contributed by atoms with Gasteiger partial charge in [-0.25, -0.2) is 13.1 Å². The van der Waals surface area contributed by atoms with Gasteiger partial charge in [-0.3, -0.25) is 5.10 Å². The molecular formula is C15H20N6O2S2. The standard InChI is InChI=1S/C15H20N6O2S2/c1-4-21-9-16-20-15(21)5-6-17-25(22,23)14-8-13(24-11(14)3)12-7-10(2)18-19-12/h7-9,17H,4-6H2,1-3H3,(H,18,19). The monoisotopic (exact) mass is 380 g/mol. The fraction of sp³-hybridized carbons (Fsp3) is 0.400. The van der Waals surface area contributed by atoms with Gasteiger partial charge in [0.1, 0.15) is 17.8 Å². The minimum Gasteiger partial charge on any atom is -0.318 e. The first-order valence-corrected chi connectivity index (χ1v) is 10.2. The summed E-state index contributed by atoms with van der Waals surface area (Å²) in [4.78, 5) is 1.86. The lowest BCUT2D eigenvalue weighted by Crippen LogP contribution is -2.26. The highest BCUT2D eigenvalue weighted by molar-refractivity contribution is 7.89. The van der Waals surface area contributed by atoms with E-state index in [9.17, 15) is 8.42 Å². The van der Waals surface area contributed by atoms with E-state index in [1.807, 2.05) is 24.5 Å². The number of nitrogens with one attached hydrogen (secondary N) is 2. The molecule has 3 heterocycles. The third-order valence-electron chi connectivity index (χ3n) is 3.80. The van der Waals surface area contributed by atoms with Crippen molar-refractivity contribution in [2.75, 3.05) is 6.54 Å². The molecule has 0 saturated carbocycles. The number of sulfonamides is 1. The van der Waals surface area contributed by atoms with Gasteiger partial charge in [-0.1, -0.05) is 0 Å². The quantitative estimate of drug-likeness (QED) is 0.651. The van der Waals surface area contributed by atoms with E-state index < -0.39 is 10.0 Å². The van der Waals surface area contributed by atoms with Crippen LogP contribution in [0, 0.1) is 13.8 Å². The molecule has 0 radical (unpaired) electrons. The topological polar surface area (TPSA) is 106 Å². The van der Waals surface area contributed by atoms with Gasteiger partial charge >= 0.3 is 0 Å². The number of aryl methyl sites for hydroxylation is 3. The van der Waals surface area contributed by atoms with Gasteiger partial charge in [-0.15, -0.1) is 21.5 Å². The van der Waals surface area contributed by atoms with E-state index in [0.29, 0.717) is 11.3 Å². The van der Waals surface area contributed by atoms with Crippen LogP contribution in [0.4, 0.5) is 0 Å². The molecule has 3 rings (SSSR count). The van der Waals surface area contributed by atoms with Crippen LogP contribution < -0.4 is 4.72 Å². The molecule has 0 atom stereocenters. The number of nitrogens with zero attached hydrogens (tertiary/aromatic N) is 4. The molecule has 0 bridgehead atoms. The minimum absolute atomic E-state index is 0.271. The van der Waals surface area contributed by atoms with Crippen LogP contribution in [0.3, 0.4) is 0 Å². The van der Waals surface area contributed by atoms with Crippen LogP contribution in [0.5, 0.6) is 0 Å². The molecule has 3 aromatic heterocycles. The maximum Gasteiger partial charge on any atom is 0.241 e. The summed E-state index contributed by atoms with van der Waals surface area (Å²) in [6, 6.07) is 3.57. The fourth-order valence-corrected chi connectivity index (χ4v) is 5.10. The van der Waals surface area contributed by atoms with E-state index in [4.69, 9.17) is 0 Å². The van der Waals surface area contributed by atoms with Gasteiger partial charge in [0.05, 0.1) is 9.77 Å². The lowest BCUT2D eigenvalue weighted by Gasteiger charge is -2.06. The summed E-state index contributed by atoms with van der Waals surface area (Å²) in [6.07, 6.45) is 2.13. The fourth-order valence-electron chi connectivity index (χ4n) is 2.51. The van der Waals surface area contributed by atoms with Crippen LogP contribution in [-0.4, -0.2) is 39.9 Å². The first-order valence-electron chi connectivity index (χ1n) is 7.90. The number of thiophene rings is 1. The van der Waals surface area contributed by atoms with Crippen LogP contribution in [0.1, 0.15) is 23.3 Å². The third kappa shape index (κ3) is 3.80. The van der Waals surface area contributed by atoms with Gasteiger partial charge in [-0.05, 0) is 32.9 Å². The second-order valence-corrected chi connectivity index (χ2v) is 8.64. The molecule has 10 heteroatoms. The first-order chi connectivity index (χ1) is 11.9. The van der Waals surface area contributed by atoms with Crippen molar-refractivity contribution in [2.24, 2.45) is 0 Å². The smallest absolute Gasteiger partial charge is 0.241 e. The summed E-state index contributed by atoms with van der Waals surface area (Å²) in [5, 5.41) is 14.9. The van der Waals surface area contributed by atoms with E-state index >= 15 is 0 Å². The third-order valence-corrected chi connectivity index (χ3v) is 6.59. The SMILES string of the molecule is CCn1cnnc1CCNS(=O)(=O)c1cc(-c2cc(C)[nH]n2)sc1C. The summed E-state index contributed by atoms with van der Waals surface area (Å²) in [6.45, 7) is 6.73. The Bertz CT molecular complexity index is 970. The second-order valence-electron chi connectivity index (χ2n) is 5.65. The van der Waals surface area contributed by atoms with Crippen molar-refractivity contribution < 1.29 is 8.42 Å². The molecular weight excluding hydrogens is 360 g/mol. The maximum absolute atomic E-state index is 12.6. The molecule has 0 spiro atoms. The highest BCUT2D eigenvalue weighted by atomic mass is 32.2. The average Bonchev–Trinajstić information content (AvgIpc) is 3.26. The predicted molar refractivity (Wildman–Crippen MR) is 96.0 cm³/mol. The lowest BCUT2D eigenvalue weighted by atomic mass is 10.3. The molecule has 25 heavy (non-hydrogen) atoms. The predicted octanol–water partition coefficient (Wildman–Crippen LogP) is 1.89. The molecule has 0 amide bonds. The van der Waals surface area contributed by atoms with E-state index in [0.717, 1.165) is 33.5 Å². The number of aromatic nitrogens is 5. The molecule has 0 saturated heterocycles. The number of H-pyrrole nitrogens is 1. The summed E-state index contributed by atoms with van der Waals surface area (Å²) in [5.41, 5.74) is 1.69. The summed E-state index contributed by atoms with van der Waals surface area (Å²) >= 11 is 1.42. The minimum atomic E-state index is -3.58. The van der Waals surface area contributed by atoms with Gasteiger partial charge in [-0.2, -0.15) is 5.10 Å². The Balaban J connectivity index is 1.73. The van der Waals surface area contributed by atoms with E-state index in [-0.39, 0.29) is 6.54 Å². The Labute approximate surface area is 150 Å². The zero-order chi connectivity index (χ0) is 18.0. The maximum atomic E-state index is 12.6. The summed E-state index contributed by atoms with van der Waals surface area (Å²) < 4.78 is 29.8. The van der Waals surface area contributed by atoms with Gasteiger partial charge in [0.2, 0.25) is 10.0 Å². The number of hydrogen-bond donors (Lipinski definition) is 2. The molecule has 2 N–H and O–H groups in total. The molecule has 8 nitrogen and oxygen atoms in total. The van der Waals surface area contributed by atoms with Crippen molar-refractivity contribution in [1.29, 1.82) is 0 Å². The Morgan fingerprint density at radius 2 is 2.12 bits per heavy atom. The van der Waals surface area contributed by atoms with Crippen LogP contribution in [-0.2, 0) is 23.0 Å². The van der Waals surface area contributed by atoms with Gasteiger partial charge < -0.3 is 4.57 Å². The molecule has 3 aromatic rings. The van der Waals surface area contributed by atoms with Crippen molar-refractivity contribution in [3.05, 3.63) is 34.9 Å². The first kappa shape index (κ1) is 17.8. The lowest BCUT2D eigenvalue weighted by molar-refractivity contribution is 0.579. The van der Waals surface area contributed by atoms with Crippen LogP contribution in [0.25, 0.3) is 10.6 Å². The summed E-state index contributed by atoms with van der Waals surface area (Å²) in [5.74, 6) is 0.764. The molecule has 0 aliphatic rings. The number of hydrogen-bond acceptors (Lipinski definition) is 6. The van der Waals surface area contributed by atoms with Crippen molar-refractivity contribution >= 4 is 21.4 Å². The Hall–Kier alpha value is -2.04. The second kappa shape index (κ2) is 7.06. The molecule has 0 aliphatic carbocycles. The molecule has 0 aliphatic heterocycles. The zero-order valence-corrected chi connectivity index (χ0v) is 15.9. The normalized spacial score (nSPS) is 12.0. The zero-order valence-electron chi connectivity index (χ0n) is 14.3. The van der Waals surface area contributed by atoms with Crippen molar-refractivity contribution in [3.63, 3.8) is 0 Å². The van der Waals surface area contributed by atoms with Crippen LogP contribution >= 0.6 is 11.3 Å². The van der Waals surface area contributed by atoms with Crippen molar-refractivity contribution in [2.45, 2.75) is 38.6 Å². The molecule has 0 fully saturated rings. The average molecular weight is 380 g/mol. The molecule has 134 valence electrons. The van der Waals surface area contributed by atoms with E-state index in [1.54, 1.807) is 19.3 Å². The number of aromatic amines is 1. The van der Waals surface area contributed by atoms with Gasteiger partial charge in [0.15, 0.2) is 0 Å². The van der Waals surface area contributed by atoms with Crippen LogP contribution in [0.2, 0.25) is 0 Å². The Morgan fingerprint density at radius 3 is 2.80 bits per heavy atom. The molecule has 0 aromatic carbocycles. The Kier molecular flexibility index (Phi) is 5.02. The molecule has 0 unspecified atom stereocenters. The largest absolute Gasteiger partial charge is 0.318 e. The van der Waals surface area contributed by atoms with Crippen molar-refractivity contribution in [1.82, 2.24) is 29.7 Å². The Morgan fingerprint density at radius 1 is 1.32 bits per heavy atom. The van der Waals surface area contributed by atoms with Crippen LogP contribution in [0.15, 0.2) is 23.4 Å². The highest BCUT2D eigenvalue weighted by Gasteiger charge is 2.21.